The molecule has 2 amide bonds. The number of hydrogen-bond acceptors (Lipinski definition) is 3. The number of thioether (sulfide) groups is 1. The van der Waals surface area contributed by atoms with Crippen molar-refractivity contribution in [2.24, 2.45) is 11.8 Å². The van der Waals surface area contributed by atoms with Gasteiger partial charge in [-0.3, -0.25) is 4.79 Å². The zero-order chi connectivity index (χ0) is 16.8. The number of carbonyl (C=O) groups excluding carboxylic acids is 1. The Morgan fingerprint density at radius 3 is 2.70 bits per heavy atom. The van der Waals surface area contributed by atoms with Crippen LogP contribution in [0.5, 0.6) is 0 Å². The number of carboxylic acids is 1. The molecule has 0 saturated carbocycles. The normalized spacial score (nSPS) is 22.4. The van der Waals surface area contributed by atoms with Gasteiger partial charge in [0.2, 0.25) is 0 Å². The second-order valence-electron chi connectivity index (χ2n) is 6.21. The van der Waals surface area contributed by atoms with Gasteiger partial charge in [0.15, 0.2) is 0 Å². The highest BCUT2D eigenvalue weighted by molar-refractivity contribution is 8.00. The molecule has 0 aliphatic carbocycles. The van der Waals surface area contributed by atoms with Gasteiger partial charge in [0.1, 0.15) is 0 Å². The number of piperidine rings is 1. The van der Waals surface area contributed by atoms with Gasteiger partial charge in [-0.05, 0) is 24.5 Å². The van der Waals surface area contributed by atoms with Crippen molar-refractivity contribution in [3.8, 4) is 0 Å². The third-order valence-corrected chi connectivity index (χ3v) is 5.03. The molecule has 23 heavy (non-hydrogen) atoms. The molecule has 0 spiro atoms. The fraction of sp³-hybridized carbons (Fsp3) is 0.529. The lowest BCUT2D eigenvalue weighted by molar-refractivity contribution is -0.143. The van der Waals surface area contributed by atoms with Crippen molar-refractivity contribution < 1.29 is 14.7 Å². The Morgan fingerprint density at radius 2 is 2.04 bits per heavy atom. The molecule has 1 saturated heterocycles. The minimum absolute atomic E-state index is 0.164. The Bertz CT molecular complexity index is 538. The van der Waals surface area contributed by atoms with E-state index in [-0.39, 0.29) is 17.2 Å². The Balaban J connectivity index is 1.80. The van der Waals surface area contributed by atoms with Gasteiger partial charge in [-0.15, -0.1) is 11.8 Å². The molecule has 0 aromatic heterocycles. The summed E-state index contributed by atoms with van der Waals surface area (Å²) in [6.45, 7) is 5.53. The SMILES string of the molecule is CC1CC(C(=O)O)CN(C(=O)NCC(C)Sc2ccccc2)C1. The molecule has 3 atom stereocenters. The Hall–Kier alpha value is -1.69. The number of likely N-dealkylation sites (tertiary alicyclic amines) is 1. The number of carbonyl (C=O) groups is 2. The molecule has 5 nitrogen and oxygen atoms in total. The van der Waals surface area contributed by atoms with Crippen LogP contribution in [0.25, 0.3) is 0 Å². The van der Waals surface area contributed by atoms with E-state index in [1.807, 2.05) is 37.3 Å². The zero-order valence-electron chi connectivity index (χ0n) is 13.6. The summed E-state index contributed by atoms with van der Waals surface area (Å²) in [6.07, 6.45) is 0.638. The van der Waals surface area contributed by atoms with E-state index in [0.29, 0.717) is 26.1 Å². The number of nitrogens with zero attached hydrogens (tertiary/aromatic N) is 1. The molecule has 2 rings (SSSR count). The smallest absolute Gasteiger partial charge is 0.317 e. The van der Waals surface area contributed by atoms with Crippen molar-refractivity contribution in [2.45, 2.75) is 30.4 Å². The van der Waals surface area contributed by atoms with Crippen LogP contribution in [0.4, 0.5) is 4.79 Å². The van der Waals surface area contributed by atoms with E-state index in [4.69, 9.17) is 0 Å². The number of rotatable bonds is 5. The molecular weight excluding hydrogens is 312 g/mol. The first-order valence-corrected chi connectivity index (χ1v) is 8.81. The van der Waals surface area contributed by atoms with Gasteiger partial charge >= 0.3 is 12.0 Å². The highest BCUT2D eigenvalue weighted by atomic mass is 32.2. The average Bonchev–Trinajstić information content (AvgIpc) is 2.53. The molecule has 0 bridgehead atoms. The lowest BCUT2D eigenvalue weighted by atomic mass is 9.91. The summed E-state index contributed by atoms with van der Waals surface area (Å²) < 4.78 is 0. The van der Waals surface area contributed by atoms with E-state index in [2.05, 4.69) is 12.2 Å². The number of amides is 2. The van der Waals surface area contributed by atoms with Crippen molar-refractivity contribution in [3.05, 3.63) is 30.3 Å². The van der Waals surface area contributed by atoms with E-state index < -0.39 is 11.9 Å². The average molecular weight is 336 g/mol. The third-order valence-electron chi connectivity index (χ3n) is 3.92. The second kappa shape index (κ2) is 8.24. The molecule has 1 aromatic carbocycles. The van der Waals surface area contributed by atoms with E-state index in [0.717, 1.165) is 0 Å². The molecule has 3 unspecified atom stereocenters. The van der Waals surface area contributed by atoms with Crippen molar-refractivity contribution in [1.29, 1.82) is 0 Å². The molecular formula is C17H24N2O3S. The number of aliphatic carboxylic acids is 1. The summed E-state index contributed by atoms with van der Waals surface area (Å²) in [7, 11) is 0. The zero-order valence-corrected chi connectivity index (χ0v) is 14.4. The number of urea groups is 1. The van der Waals surface area contributed by atoms with Gasteiger partial charge in [0, 0.05) is 29.8 Å². The fourth-order valence-corrected chi connectivity index (χ4v) is 3.76. The highest BCUT2D eigenvalue weighted by Gasteiger charge is 2.31. The largest absolute Gasteiger partial charge is 0.481 e. The molecule has 1 aliphatic heterocycles. The van der Waals surface area contributed by atoms with Gasteiger partial charge in [-0.2, -0.15) is 0 Å². The van der Waals surface area contributed by atoms with Crippen LogP contribution in [-0.4, -0.2) is 46.9 Å². The summed E-state index contributed by atoms with van der Waals surface area (Å²) in [6, 6.07) is 9.90. The van der Waals surface area contributed by atoms with Crippen LogP contribution >= 0.6 is 11.8 Å². The Kier molecular flexibility index (Phi) is 6.33. The van der Waals surface area contributed by atoms with Crippen molar-refractivity contribution >= 4 is 23.8 Å². The predicted molar refractivity (Wildman–Crippen MR) is 91.6 cm³/mol. The third kappa shape index (κ3) is 5.46. The predicted octanol–water partition coefficient (Wildman–Crippen LogP) is 2.92. The van der Waals surface area contributed by atoms with Crippen molar-refractivity contribution in [2.75, 3.05) is 19.6 Å². The van der Waals surface area contributed by atoms with Crippen LogP contribution in [0.15, 0.2) is 35.2 Å². The highest BCUT2D eigenvalue weighted by Crippen LogP contribution is 2.23. The Labute approximate surface area is 141 Å². The van der Waals surface area contributed by atoms with Gasteiger partial charge in [-0.1, -0.05) is 32.0 Å². The first kappa shape index (κ1) is 17.7. The maximum atomic E-state index is 12.3. The van der Waals surface area contributed by atoms with Crippen LogP contribution in [0.1, 0.15) is 20.3 Å². The molecule has 126 valence electrons. The van der Waals surface area contributed by atoms with E-state index >= 15 is 0 Å². The monoisotopic (exact) mass is 336 g/mol. The standard InChI is InChI=1S/C17H24N2O3S/c1-12-8-14(16(20)21)11-19(10-12)17(22)18-9-13(2)23-15-6-4-3-5-7-15/h3-7,12-14H,8-11H2,1-2H3,(H,18,22)(H,20,21). The molecule has 2 N–H and O–H groups in total. The van der Waals surface area contributed by atoms with Crippen LogP contribution in [-0.2, 0) is 4.79 Å². The molecule has 1 aromatic rings. The minimum atomic E-state index is -0.817. The molecule has 1 heterocycles. The topological polar surface area (TPSA) is 69.6 Å². The number of nitrogens with one attached hydrogen (secondary N) is 1. The summed E-state index contributed by atoms with van der Waals surface area (Å²) in [4.78, 5) is 26.3. The molecule has 6 heteroatoms. The lowest BCUT2D eigenvalue weighted by Crippen LogP contribution is -2.50. The van der Waals surface area contributed by atoms with Gasteiger partial charge in [0.25, 0.3) is 0 Å². The molecule has 0 radical (unpaired) electrons. The Morgan fingerprint density at radius 1 is 1.35 bits per heavy atom. The number of hydrogen-bond donors (Lipinski definition) is 2. The molecule has 1 fully saturated rings. The van der Waals surface area contributed by atoms with Crippen molar-refractivity contribution in [1.82, 2.24) is 10.2 Å². The number of carboxylic acid groups (broad SMARTS) is 1. The fourth-order valence-electron chi connectivity index (χ4n) is 2.81. The lowest BCUT2D eigenvalue weighted by Gasteiger charge is -2.34. The van der Waals surface area contributed by atoms with E-state index in [1.54, 1.807) is 16.7 Å². The summed E-state index contributed by atoms with van der Waals surface area (Å²) in [5.41, 5.74) is 0. The van der Waals surface area contributed by atoms with Crippen LogP contribution in [0, 0.1) is 11.8 Å². The van der Waals surface area contributed by atoms with Crippen LogP contribution in [0.3, 0.4) is 0 Å². The first-order chi connectivity index (χ1) is 11.0. The summed E-state index contributed by atoms with van der Waals surface area (Å²) in [5.74, 6) is -1.06. The van der Waals surface area contributed by atoms with Gasteiger partial charge < -0.3 is 15.3 Å². The second-order valence-corrected chi connectivity index (χ2v) is 7.72. The van der Waals surface area contributed by atoms with Crippen LogP contribution in [0.2, 0.25) is 0 Å². The summed E-state index contributed by atoms with van der Waals surface area (Å²) in [5, 5.41) is 12.4. The minimum Gasteiger partial charge on any atom is -0.481 e. The maximum Gasteiger partial charge on any atom is 0.317 e. The maximum absolute atomic E-state index is 12.3. The van der Waals surface area contributed by atoms with E-state index in [9.17, 15) is 14.7 Å². The first-order valence-electron chi connectivity index (χ1n) is 7.93. The molecule has 1 aliphatic rings. The quantitative estimate of drug-likeness (QED) is 0.811. The van der Waals surface area contributed by atoms with E-state index in [1.165, 1.54) is 4.90 Å². The summed E-state index contributed by atoms with van der Waals surface area (Å²) >= 11 is 1.71. The van der Waals surface area contributed by atoms with Gasteiger partial charge in [0.05, 0.1) is 5.92 Å². The van der Waals surface area contributed by atoms with Gasteiger partial charge in [-0.25, -0.2) is 4.79 Å². The van der Waals surface area contributed by atoms with Crippen molar-refractivity contribution in [3.63, 3.8) is 0 Å². The van der Waals surface area contributed by atoms with Crippen LogP contribution < -0.4 is 5.32 Å². The number of benzene rings is 1.